The van der Waals surface area contributed by atoms with Gasteiger partial charge in [0.2, 0.25) is 0 Å². The van der Waals surface area contributed by atoms with E-state index in [2.05, 4.69) is 11.4 Å². The molecule has 0 aliphatic heterocycles. The molecule has 2 aromatic carbocycles. The number of aromatic nitrogens is 2. The number of carbonyl (C=O) groups excluding carboxylic acids is 1. The molecular formula is C21H22N4O2. The highest BCUT2D eigenvalue weighted by Gasteiger charge is 2.22. The first-order valence-electron chi connectivity index (χ1n) is 8.76. The number of nitrogens with one attached hydrogen (secondary N) is 1. The number of rotatable bonds is 3. The second-order valence-corrected chi connectivity index (χ2v) is 7.32. The SMILES string of the molecule is C[C@H](NC(=O)OC(C)(C)C)c1nc2ccccc2n1-c1cccc(C#N)c1. The summed E-state index contributed by atoms with van der Waals surface area (Å²) in [6.07, 6.45) is -0.501. The molecule has 0 aliphatic rings. The summed E-state index contributed by atoms with van der Waals surface area (Å²) < 4.78 is 7.31. The number of amides is 1. The van der Waals surface area contributed by atoms with E-state index in [4.69, 9.17) is 9.72 Å². The molecule has 27 heavy (non-hydrogen) atoms. The van der Waals surface area contributed by atoms with Crippen molar-refractivity contribution in [2.45, 2.75) is 39.3 Å². The Hall–Kier alpha value is -3.33. The van der Waals surface area contributed by atoms with Gasteiger partial charge < -0.3 is 10.1 Å². The van der Waals surface area contributed by atoms with Crippen molar-refractivity contribution >= 4 is 17.1 Å². The van der Waals surface area contributed by atoms with Crippen LogP contribution in [0.5, 0.6) is 0 Å². The average molecular weight is 362 g/mol. The van der Waals surface area contributed by atoms with E-state index in [0.29, 0.717) is 11.4 Å². The summed E-state index contributed by atoms with van der Waals surface area (Å²) in [6.45, 7) is 7.31. The van der Waals surface area contributed by atoms with E-state index in [-0.39, 0.29) is 0 Å². The summed E-state index contributed by atoms with van der Waals surface area (Å²) in [7, 11) is 0. The topological polar surface area (TPSA) is 79.9 Å². The number of nitriles is 1. The summed E-state index contributed by atoms with van der Waals surface area (Å²) in [5, 5.41) is 12.1. The Morgan fingerprint density at radius 3 is 2.67 bits per heavy atom. The standard InChI is InChI=1S/C21H22N4O2/c1-14(23-20(26)27-21(2,3)4)19-24-17-10-5-6-11-18(17)25(19)16-9-7-8-15(12-16)13-22/h5-12,14H,1-4H3,(H,23,26)/t14-/m0/s1. The summed E-state index contributed by atoms with van der Waals surface area (Å²) >= 11 is 0. The van der Waals surface area contributed by atoms with Crippen LogP contribution in [0.3, 0.4) is 0 Å². The molecule has 1 amide bonds. The summed E-state index contributed by atoms with van der Waals surface area (Å²) in [5.41, 5.74) is 2.51. The zero-order chi connectivity index (χ0) is 19.6. The Morgan fingerprint density at radius 1 is 1.22 bits per heavy atom. The Bertz CT molecular complexity index is 1020. The van der Waals surface area contributed by atoms with Crippen molar-refractivity contribution in [3.05, 3.63) is 59.9 Å². The lowest BCUT2D eigenvalue weighted by atomic mass is 10.2. The molecule has 0 fully saturated rings. The van der Waals surface area contributed by atoms with Crippen molar-refractivity contribution in [3.8, 4) is 11.8 Å². The minimum Gasteiger partial charge on any atom is -0.444 e. The predicted octanol–water partition coefficient (Wildman–Crippen LogP) is 4.48. The lowest BCUT2D eigenvalue weighted by Crippen LogP contribution is -2.34. The van der Waals surface area contributed by atoms with E-state index in [1.807, 2.05) is 68.7 Å². The number of carbonyl (C=O) groups is 1. The fourth-order valence-electron chi connectivity index (χ4n) is 2.87. The van der Waals surface area contributed by atoms with Crippen LogP contribution in [0.1, 0.15) is 45.1 Å². The van der Waals surface area contributed by atoms with Gasteiger partial charge in [-0.15, -0.1) is 0 Å². The number of alkyl carbamates (subject to hydrolysis) is 1. The Kier molecular flexibility index (Phi) is 4.87. The lowest BCUT2D eigenvalue weighted by Gasteiger charge is -2.22. The smallest absolute Gasteiger partial charge is 0.408 e. The molecule has 0 radical (unpaired) electrons. The van der Waals surface area contributed by atoms with Gasteiger partial charge in [-0.05, 0) is 58.0 Å². The summed E-state index contributed by atoms with van der Waals surface area (Å²) in [6, 6.07) is 16.8. The molecule has 3 aromatic rings. The van der Waals surface area contributed by atoms with Crippen molar-refractivity contribution in [2.24, 2.45) is 0 Å². The van der Waals surface area contributed by atoms with Gasteiger partial charge in [-0.3, -0.25) is 4.57 Å². The molecule has 0 unspecified atom stereocenters. The first-order valence-corrected chi connectivity index (χ1v) is 8.76. The average Bonchev–Trinajstić information content (AvgIpc) is 2.99. The molecule has 6 heteroatoms. The van der Waals surface area contributed by atoms with Crippen molar-refractivity contribution in [2.75, 3.05) is 0 Å². The fraction of sp³-hybridized carbons (Fsp3) is 0.286. The van der Waals surface area contributed by atoms with Gasteiger partial charge in [0.15, 0.2) is 0 Å². The van der Waals surface area contributed by atoms with Crippen LogP contribution in [0.2, 0.25) is 0 Å². The second-order valence-electron chi connectivity index (χ2n) is 7.32. The number of benzene rings is 2. The number of fused-ring (bicyclic) bond motifs is 1. The van der Waals surface area contributed by atoms with Crippen LogP contribution in [-0.2, 0) is 4.74 Å². The van der Waals surface area contributed by atoms with E-state index in [1.54, 1.807) is 12.1 Å². The van der Waals surface area contributed by atoms with Gasteiger partial charge in [0, 0.05) is 5.69 Å². The molecule has 0 bridgehead atoms. The van der Waals surface area contributed by atoms with Crippen molar-refractivity contribution < 1.29 is 9.53 Å². The zero-order valence-corrected chi connectivity index (χ0v) is 15.9. The quantitative estimate of drug-likeness (QED) is 0.745. The number of hydrogen-bond acceptors (Lipinski definition) is 4. The third kappa shape index (κ3) is 4.09. The highest BCUT2D eigenvalue weighted by molar-refractivity contribution is 5.79. The highest BCUT2D eigenvalue weighted by Crippen LogP contribution is 2.26. The van der Waals surface area contributed by atoms with Gasteiger partial charge >= 0.3 is 6.09 Å². The van der Waals surface area contributed by atoms with Crippen molar-refractivity contribution in [3.63, 3.8) is 0 Å². The molecule has 0 spiro atoms. The lowest BCUT2D eigenvalue weighted by molar-refractivity contribution is 0.0505. The normalized spacial score (nSPS) is 12.4. The highest BCUT2D eigenvalue weighted by atomic mass is 16.6. The Morgan fingerprint density at radius 2 is 1.96 bits per heavy atom. The van der Waals surface area contributed by atoms with Gasteiger partial charge in [-0.2, -0.15) is 5.26 Å². The third-order valence-electron chi connectivity index (χ3n) is 3.94. The summed E-state index contributed by atoms with van der Waals surface area (Å²) in [5.74, 6) is 0.664. The van der Waals surface area contributed by atoms with Gasteiger partial charge in [0.1, 0.15) is 11.4 Å². The third-order valence-corrected chi connectivity index (χ3v) is 3.94. The van der Waals surface area contributed by atoms with Crippen LogP contribution < -0.4 is 5.32 Å². The van der Waals surface area contributed by atoms with Gasteiger partial charge in [-0.25, -0.2) is 9.78 Å². The van der Waals surface area contributed by atoms with Crippen LogP contribution in [0, 0.1) is 11.3 Å². The predicted molar refractivity (Wildman–Crippen MR) is 104 cm³/mol. The van der Waals surface area contributed by atoms with Crippen LogP contribution >= 0.6 is 0 Å². The van der Waals surface area contributed by atoms with Crippen LogP contribution in [0.4, 0.5) is 4.79 Å². The second kappa shape index (κ2) is 7.12. The number of imidazole rings is 1. The van der Waals surface area contributed by atoms with Crippen LogP contribution in [-0.4, -0.2) is 21.2 Å². The molecule has 1 atom stereocenters. The van der Waals surface area contributed by atoms with E-state index >= 15 is 0 Å². The van der Waals surface area contributed by atoms with E-state index in [9.17, 15) is 10.1 Å². The number of ether oxygens (including phenoxy) is 1. The molecule has 6 nitrogen and oxygen atoms in total. The molecule has 1 N–H and O–H groups in total. The monoisotopic (exact) mass is 362 g/mol. The van der Waals surface area contributed by atoms with Crippen LogP contribution in [0.15, 0.2) is 48.5 Å². The maximum atomic E-state index is 12.2. The van der Waals surface area contributed by atoms with E-state index in [1.165, 1.54) is 0 Å². The number of hydrogen-bond donors (Lipinski definition) is 1. The maximum Gasteiger partial charge on any atom is 0.408 e. The molecule has 0 saturated carbocycles. The molecule has 138 valence electrons. The molecule has 3 rings (SSSR count). The molecule has 1 aromatic heterocycles. The summed E-state index contributed by atoms with van der Waals surface area (Å²) in [4.78, 5) is 16.9. The molecular weight excluding hydrogens is 340 g/mol. The molecule has 0 saturated heterocycles. The van der Waals surface area contributed by atoms with Crippen LogP contribution in [0.25, 0.3) is 16.7 Å². The first-order chi connectivity index (χ1) is 12.8. The van der Waals surface area contributed by atoms with Crippen molar-refractivity contribution in [1.29, 1.82) is 5.26 Å². The van der Waals surface area contributed by atoms with E-state index < -0.39 is 17.7 Å². The minimum atomic E-state index is -0.578. The van der Waals surface area contributed by atoms with Crippen molar-refractivity contribution in [1.82, 2.24) is 14.9 Å². The minimum absolute atomic E-state index is 0.391. The first kappa shape index (κ1) is 18.5. The number of nitrogens with zero attached hydrogens (tertiary/aromatic N) is 3. The Labute approximate surface area is 158 Å². The largest absolute Gasteiger partial charge is 0.444 e. The van der Waals surface area contributed by atoms with Gasteiger partial charge in [0.05, 0.1) is 28.7 Å². The molecule has 0 aliphatic carbocycles. The van der Waals surface area contributed by atoms with Gasteiger partial charge in [-0.1, -0.05) is 18.2 Å². The Balaban J connectivity index is 2.05. The zero-order valence-electron chi connectivity index (χ0n) is 15.9. The van der Waals surface area contributed by atoms with Gasteiger partial charge in [0.25, 0.3) is 0 Å². The maximum absolute atomic E-state index is 12.2. The number of para-hydroxylation sites is 2. The fourth-order valence-corrected chi connectivity index (χ4v) is 2.87. The van der Waals surface area contributed by atoms with E-state index in [0.717, 1.165) is 16.7 Å². The molecule has 1 heterocycles.